The topological polar surface area (TPSA) is 17.1 Å². The van der Waals surface area contributed by atoms with Crippen LogP contribution in [0.5, 0.6) is 0 Å². The molecule has 1 aliphatic rings. The minimum absolute atomic E-state index is 1.05. The van der Waals surface area contributed by atoms with Gasteiger partial charge in [-0.15, -0.1) is 0 Å². The van der Waals surface area contributed by atoms with E-state index in [1.807, 2.05) is 0 Å². The van der Waals surface area contributed by atoms with E-state index in [4.69, 9.17) is 0 Å². The number of hydrogen-bond donors (Lipinski definition) is 0. The Kier molecular flexibility index (Phi) is 2.15. The molecule has 7 heavy (non-hydrogen) atoms. The van der Waals surface area contributed by atoms with Crippen molar-refractivity contribution in [3.05, 3.63) is 0 Å². The zero-order valence-electron chi connectivity index (χ0n) is 4.26. The van der Waals surface area contributed by atoms with Gasteiger partial charge in [-0.25, -0.2) is 0 Å². The van der Waals surface area contributed by atoms with Crippen molar-refractivity contribution in [2.45, 2.75) is 29.0 Å². The molecule has 1 nitrogen and oxygen atoms in total. The molecule has 0 bridgehead atoms. The van der Waals surface area contributed by atoms with Gasteiger partial charge in [0.15, 0.2) is 0 Å². The van der Waals surface area contributed by atoms with Crippen LogP contribution in [0.4, 0.5) is 0 Å². The van der Waals surface area contributed by atoms with Crippen LogP contribution in [0.3, 0.4) is 0 Å². The van der Waals surface area contributed by atoms with Gasteiger partial charge >= 0.3 is 49.2 Å². The first-order valence-electron chi connectivity index (χ1n) is 2.58. The minimum atomic E-state index is -1.16. The Hall–Kier alpha value is 0.462. The Labute approximate surface area is 49.7 Å². The molecule has 1 saturated heterocycles. The van der Waals surface area contributed by atoms with E-state index in [2.05, 4.69) is 0 Å². The summed E-state index contributed by atoms with van der Waals surface area (Å²) >= 11 is -1.16. The average molecular weight is 193 g/mol. The molecule has 2 heteroatoms. The van der Waals surface area contributed by atoms with Crippen LogP contribution in [0.1, 0.15) is 19.3 Å². The van der Waals surface area contributed by atoms with Crippen LogP contribution in [0.15, 0.2) is 0 Å². The van der Waals surface area contributed by atoms with Crippen LogP contribution in [0.2, 0.25) is 9.79 Å². The van der Waals surface area contributed by atoms with Crippen LogP contribution in [-0.2, 0) is 20.2 Å². The molecule has 0 radical (unpaired) electrons. The second-order valence-corrected chi connectivity index (χ2v) is 4.95. The summed E-state index contributed by atoms with van der Waals surface area (Å²) in [7, 11) is 0. The SMILES string of the molecule is [O]=[Pd]1[CH2]CCC[CH2]1. The van der Waals surface area contributed by atoms with Gasteiger partial charge in [-0.3, -0.25) is 0 Å². The summed E-state index contributed by atoms with van der Waals surface area (Å²) in [6.07, 6.45) is 3.77. The maximum atomic E-state index is 10.7. The second kappa shape index (κ2) is 2.69. The van der Waals surface area contributed by atoms with Crippen molar-refractivity contribution in [3.8, 4) is 0 Å². The van der Waals surface area contributed by atoms with E-state index in [9.17, 15) is 3.47 Å². The van der Waals surface area contributed by atoms with Crippen molar-refractivity contribution in [2.75, 3.05) is 0 Å². The number of hydrogen-bond acceptors (Lipinski definition) is 1. The molecule has 0 aromatic heterocycles. The van der Waals surface area contributed by atoms with Crippen LogP contribution >= 0.6 is 0 Å². The van der Waals surface area contributed by atoms with Gasteiger partial charge in [0.25, 0.3) is 0 Å². The Morgan fingerprint density at radius 2 is 1.57 bits per heavy atom. The van der Waals surface area contributed by atoms with Gasteiger partial charge in [-0.2, -0.15) is 0 Å². The summed E-state index contributed by atoms with van der Waals surface area (Å²) in [6, 6.07) is 0. The van der Waals surface area contributed by atoms with Crippen molar-refractivity contribution in [3.63, 3.8) is 0 Å². The summed E-state index contributed by atoms with van der Waals surface area (Å²) < 4.78 is 10.7. The third kappa shape index (κ3) is 1.80. The summed E-state index contributed by atoms with van der Waals surface area (Å²) in [4.78, 5) is 2.09. The van der Waals surface area contributed by atoms with E-state index in [-0.39, 0.29) is 0 Å². The maximum absolute atomic E-state index is 10.7. The van der Waals surface area contributed by atoms with Crippen molar-refractivity contribution in [1.29, 1.82) is 0 Å². The summed E-state index contributed by atoms with van der Waals surface area (Å²) in [5.74, 6) is 0. The van der Waals surface area contributed by atoms with Crippen molar-refractivity contribution < 1.29 is 20.2 Å². The van der Waals surface area contributed by atoms with E-state index in [1.54, 1.807) is 0 Å². The van der Waals surface area contributed by atoms with Crippen LogP contribution in [0, 0.1) is 0 Å². The zero-order chi connectivity index (χ0) is 5.11. The quantitative estimate of drug-likeness (QED) is 0.537. The fraction of sp³-hybridized carbons (Fsp3) is 1.00. The van der Waals surface area contributed by atoms with Gasteiger partial charge in [0.05, 0.1) is 0 Å². The molecule has 0 N–H and O–H groups in total. The predicted octanol–water partition coefficient (Wildman–Crippen LogP) is 1.97. The molecule has 1 heterocycles. The Morgan fingerprint density at radius 1 is 1.00 bits per heavy atom. The molecule has 0 saturated carbocycles. The first kappa shape index (κ1) is 5.60. The molecule has 0 unspecified atom stereocenters. The molecule has 1 aliphatic heterocycles. The van der Waals surface area contributed by atoms with Crippen LogP contribution in [-0.4, -0.2) is 0 Å². The fourth-order valence-corrected chi connectivity index (χ4v) is 3.06. The molecular weight excluding hydrogens is 182 g/mol. The standard InChI is InChI=1S/C5H10.O.Pd/c1-3-5-4-2;;/h1-5H2;;. The molecule has 0 aromatic carbocycles. The molecule has 0 aromatic rings. The molecule has 46 valence electrons. The third-order valence-corrected chi connectivity index (χ3v) is 3.91. The van der Waals surface area contributed by atoms with Crippen molar-refractivity contribution >= 4 is 0 Å². The van der Waals surface area contributed by atoms with E-state index in [1.165, 1.54) is 19.3 Å². The van der Waals surface area contributed by atoms with Crippen LogP contribution in [0.25, 0.3) is 0 Å². The average Bonchev–Trinajstić information content (AvgIpc) is 1.69. The third-order valence-electron chi connectivity index (χ3n) is 1.08. The first-order chi connectivity index (χ1) is 3.39. The molecule has 0 atom stereocenters. The monoisotopic (exact) mass is 192 g/mol. The molecule has 0 amide bonds. The first-order valence-corrected chi connectivity index (χ1v) is 5.41. The summed E-state index contributed by atoms with van der Waals surface area (Å²) in [5, 5.41) is 0. The zero-order valence-corrected chi connectivity index (χ0v) is 5.81. The van der Waals surface area contributed by atoms with E-state index < -0.39 is 16.7 Å². The predicted molar refractivity (Wildman–Crippen MR) is 24.2 cm³/mol. The van der Waals surface area contributed by atoms with Crippen LogP contribution < -0.4 is 0 Å². The second-order valence-electron chi connectivity index (χ2n) is 1.72. The van der Waals surface area contributed by atoms with Gasteiger partial charge < -0.3 is 0 Å². The molecule has 0 spiro atoms. The molecule has 1 rings (SSSR count). The van der Waals surface area contributed by atoms with E-state index in [0.717, 1.165) is 9.79 Å². The van der Waals surface area contributed by atoms with Gasteiger partial charge in [0.2, 0.25) is 0 Å². The van der Waals surface area contributed by atoms with E-state index >= 15 is 0 Å². The summed E-state index contributed by atoms with van der Waals surface area (Å²) in [6.45, 7) is 0. The Morgan fingerprint density at radius 3 is 1.86 bits per heavy atom. The number of rotatable bonds is 0. The van der Waals surface area contributed by atoms with Gasteiger partial charge in [0.1, 0.15) is 0 Å². The van der Waals surface area contributed by atoms with Crippen molar-refractivity contribution in [1.82, 2.24) is 0 Å². The normalized spacial score (nSPS) is 27.7. The Balaban J connectivity index is 2.25. The van der Waals surface area contributed by atoms with Crippen molar-refractivity contribution in [2.24, 2.45) is 0 Å². The van der Waals surface area contributed by atoms with Gasteiger partial charge in [0, 0.05) is 0 Å². The van der Waals surface area contributed by atoms with Gasteiger partial charge in [-0.05, 0) is 0 Å². The summed E-state index contributed by atoms with van der Waals surface area (Å²) in [5.41, 5.74) is 0. The van der Waals surface area contributed by atoms with Gasteiger partial charge in [-0.1, -0.05) is 0 Å². The molecule has 0 aliphatic carbocycles. The fourth-order valence-electron chi connectivity index (χ4n) is 0.663. The molecule has 1 fully saturated rings. The Bertz CT molecular complexity index is 72.1. The van der Waals surface area contributed by atoms with E-state index in [0.29, 0.717) is 0 Å². The molecular formula is C5H10OPd.